The molecule has 0 amide bonds. The lowest BCUT2D eigenvalue weighted by Crippen LogP contribution is -2.36. The van der Waals surface area contributed by atoms with Crippen LogP contribution in [0.2, 0.25) is 5.02 Å². The molecule has 3 nitrogen and oxygen atoms in total. The third-order valence-corrected chi connectivity index (χ3v) is 3.51. The van der Waals surface area contributed by atoms with Crippen LogP contribution in [0.3, 0.4) is 0 Å². The van der Waals surface area contributed by atoms with Gasteiger partial charge in [0.2, 0.25) is 0 Å². The summed E-state index contributed by atoms with van der Waals surface area (Å²) in [5, 5.41) is 4.18. The highest BCUT2D eigenvalue weighted by atomic mass is 35.5. The summed E-state index contributed by atoms with van der Waals surface area (Å²) >= 11 is 6.29. The van der Waals surface area contributed by atoms with E-state index in [0.717, 1.165) is 23.1 Å². The highest BCUT2D eigenvalue weighted by Gasteiger charge is 2.16. The third kappa shape index (κ3) is 6.23. The summed E-state index contributed by atoms with van der Waals surface area (Å²) in [6.45, 7) is 17.0. The van der Waals surface area contributed by atoms with E-state index >= 15 is 0 Å². The van der Waals surface area contributed by atoms with Crippen LogP contribution >= 0.6 is 11.6 Å². The molecule has 4 heteroatoms. The maximum absolute atomic E-state index is 6.29. The monoisotopic (exact) mass is 311 g/mol. The summed E-state index contributed by atoms with van der Waals surface area (Å²) in [6, 6.07) is 4.40. The Bertz CT molecular complexity index is 450. The number of aromatic nitrogens is 1. The fraction of sp³-hybridized carbons (Fsp3) is 0.706. The molecule has 21 heavy (non-hydrogen) atoms. The van der Waals surface area contributed by atoms with E-state index in [1.165, 1.54) is 0 Å². The second-order valence-electron chi connectivity index (χ2n) is 7.34. The Labute approximate surface area is 135 Å². The van der Waals surface area contributed by atoms with Crippen molar-refractivity contribution in [1.29, 1.82) is 0 Å². The molecular formula is C17H30ClN3. The topological polar surface area (TPSA) is 28.2 Å². The van der Waals surface area contributed by atoms with Crippen LogP contribution in [0.25, 0.3) is 0 Å². The second-order valence-corrected chi connectivity index (χ2v) is 7.75. The van der Waals surface area contributed by atoms with Crippen LogP contribution in [0, 0.1) is 5.92 Å². The zero-order valence-corrected chi connectivity index (χ0v) is 15.3. The molecule has 0 saturated carbocycles. The van der Waals surface area contributed by atoms with Crippen molar-refractivity contribution < 1.29 is 0 Å². The normalized spacial score (nSPS) is 12.3. The molecule has 1 aromatic heterocycles. The van der Waals surface area contributed by atoms with Gasteiger partial charge in [-0.1, -0.05) is 25.4 Å². The van der Waals surface area contributed by atoms with E-state index in [1.54, 1.807) is 0 Å². The van der Waals surface area contributed by atoms with Gasteiger partial charge >= 0.3 is 0 Å². The van der Waals surface area contributed by atoms with Gasteiger partial charge in [-0.3, -0.25) is 0 Å². The maximum atomic E-state index is 6.29. The third-order valence-electron chi connectivity index (χ3n) is 3.17. The molecule has 0 saturated heterocycles. The first-order chi connectivity index (χ1) is 9.60. The molecule has 0 aliphatic rings. The Morgan fingerprint density at radius 3 is 2.29 bits per heavy atom. The average molecular weight is 312 g/mol. The first-order valence-corrected chi connectivity index (χ1v) is 8.15. The van der Waals surface area contributed by atoms with E-state index in [2.05, 4.69) is 58.7 Å². The zero-order valence-electron chi connectivity index (χ0n) is 14.5. The molecule has 0 fully saturated rings. The smallest absolute Gasteiger partial charge is 0.129 e. The number of pyridine rings is 1. The quantitative estimate of drug-likeness (QED) is 0.838. The minimum absolute atomic E-state index is 0.0523. The van der Waals surface area contributed by atoms with Crippen molar-refractivity contribution in [3.8, 4) is 0 Å². The molecule has 0 atom stereocenters. The first-order valence-electron chi connectivity index (χ1n) is 7.77. The molecule has 1 N–H and O–H groups in total. The van der Waals surface area contributed by atoms with Crippen molar-refractivity contribution >= 4 is 17.4 Å². The molecule has 0 unspecified atom stereocenters. The van der Waals surface area contributed by atoms with Crippen molar-refractivity contribution in [2.24, 2.45) is 5.92 Å². The number of hydrogen-bond donors (Lipinski definition) is 1. The van der Waals surface area contributed by atoms with E-state index < -0.39 is 0 Å². The Morgan fingerprint density at radius 1 is 1.19 bits per heavy atom. The van der Waals surface area contributed by atoms with Crippen LogP contribution in [0.1, 0.15) is 54.2 Å². The van der Waals surface area contributed by atoms with E-state index in [0.29, 0.717) is 18.5 Å². The molecule has 1 rings (SSSR count). The number of anilines is 1. The Balaban J connectivity index is 2.98. The summed E-state index contributed by atoms with van der Waals surface area (Å²) < 4.78 is 0. The number of nitrogens with zero attached hydrogens (tertiary/aromatic N) is 2. The largest absolute Gasteiger partial charge is 0.354 e. The Morgan fingerprint density at radius 2 is 1.81 bits per heavy atom. The van der Waals surface area contributed by atoms with Crippen LogP contribution in [-0.2, 0) is 6.54 Å². The average Bonchev–Trinajstić information content (AvgIpc) is 2.33. The van der Waals surface area contributed by atoms with Gasteiger partial charge in [0.05, 0.1) is 10.7 Å². The van der Waals surface area contributed by atoms with Crippen LogP contribution in [0.5, 0.6) is 0 Å². The number of halogens is 1. The highest BCUT2D eigenvalue weighted by Crippen LogP contribution is 2.22. The molecule has 0 aromatic carbocycles. The van der Waals surface area contributed by atoms with Gasteiger partial charge in [0, 0.05) is 24.7 Å². The van der Waals surface area contributed by atoms with Crippen LogP contribution in [0.15, 0.2) is 12.1 Å². The lowest BCUT2D eigenvalue weighted by Gasteiger charge is -2.30. The van der Waals surface area contributed by atoms with Gasteiger partial charge in [-0.05, 0) is 52.7 Å². The molecule has 0 radical (unpaired) electrons. The predicted octanol–water partition coefficient (Wildman–Crippen LogP) is 4.49. The second kappa shape index (κ2) is 7.46. The molecule has 1 heterocycles. The number of hydrogen-bond acceptors (Lipinski definition) is 3. The van der Waals surface area contributed by atoms with Crippen molar-refractivity contribution in [3.05, 3.63) is 22.8 Å². The van der Waals surface area contributed by atoms with Crippen molar-refractivity contribution in [2.45, 2.75) is 66.6 Å². The lowest BCUT2D eigenvalue weighted by atomic mass is 10.1. The van der Waals surface area contributed by atoms with Gasteiger partial charge in [-0.2, -0.15) is 0 Å². The highest BCUT2D eigenvalue weighted by molar-refractivity contribution is 6.31. The summed E-state index contributed by atoms with van der Waals surface area (Å²) in [5.74, 6) is 1.61. The molecule has 0 aliphatic heterocycles. The van der Waals surface area contributed by atoms with E-state index in [1.807, 2.05) is 12.1 Å². The van der Waals surface area contributed by atoms with Gasteiger partial charge in [0.15, 0.2) is 0 Å². The van der Waals surface area contributed by atoms with Gasteiger partial charge in [-0.15, -0.1) is 0 Å². The first kappa shape index (κ1) is 18.2. The Hall–Kier alpha value is -0.800. The van der Waals surface area contributed by atoms with Crippen LogP contribution < -0.4 is 10.2 Å². The minimum Gasteiger partial charge on any atom is -0.354 e. The summed E-state index contributed by atoms with van der Waals surface area (Å²) in [5.41, 5.74) is 0.968. The predicted molar refractivity (Wildman–Crippen MR) is 93.2 cm³/mol. The summed E-state index contributed by atoms with van der Waals surface area (Å²) in [6.07, 6.45) is 0. The molecule has 120 valence electrons. The van der Waals surface area contributed by atoms with Crippen LogP contribution in [-0.4, -0.2) is 23.1 Å². The van der Waals surface area contributed by atoms with Crippen molar-refractivity contribution in [2.75, 3.05) is 11.4 Å². The van der Waals surface area contributed by atoms with Crippen molar-refractivity contribution in [1.82, 2.24) is 10.3 Å². The molecule has 1 aromatic rings. The molecule has 0 bridgehead atoms. The fourth-order valence-electron chi connectivity index (χ4n) is 2.07. The van der Waals surface area contributed by atoms with Crippen molar-refractivity contribution in [3.63, 3.8) is 0 Å². The Kier molecular flexibility index (Phi) is 6.48. The van der Waals surface area contributed by atoms with Gasteiger partial charge in [0.25, 0.3) is 0 Å². The lowest BCUT2D eigenvalue weighted by molar-refractivity contribution is 0.421. The number of nitrogens with one attached hydrogen (secondary N) is 1. The fourth-order valence-corrected chi connectivity index (χ4v) is 2.24. The number of rotatable bonds is 6. The zero-order chi connectivity index (χ0) is 16.2. The molecular weight excluding hydrogens is 282 g/mol. The van der Waals surface area contributed by atoms with E-state index in [9.17, 15) is 0 Å². The summed E-state index contributed by atoms with van der Waals surface area (Å²) in [7, 11) is 0. The van der Waals surface area contributed by atoms with E-state index in [4.69, 9.17) is 16.6 Å². The maximum Gasteiger partial charge on any atom is 0.129 e. The van der Waals surface area contributed by atoms with Crippen LogP contribution in [0.4, 0.5) is 5.82 Å². The molecule has 0 aliphatic carbocycles. The minimum atomic E-state index is 0.0523. The van der Waals surface area contributed by atoms with Gasteiger partial charge in [-0.25, -0.2) is 4.98 Å². The summed E-state index contributed by atoms with van der Waals surface area (Å²) in [4.78, 5) is 7.12. The standard InChI is InChI=1S/C17H30ClN3/c1-12(2)11-21(13(3)4)16-9-8-14(18)15(20-16)10-19-17(5,6)7/h8-9,12-13,19H,10-11H2,1-7H3. The van der Waals surface area contributed by atoms with Gasteiger partial charge in [0.1, 0.15) is 5.82 Å². The molecule has 0 spiro atoms. The van der Waals surface area contributed by atoms with Gasteiger partial charge < -0.3 is 10.2 Å². The SMILES string of the molecule is CC(C)CN(c1ccc(Cl)c(CNC(C)(C)C)n1)C(C)C. The van der Waals surface area contributed by atoms with E-state index in [-0.39, 0.29) is 5.54 Å².